The summed E-state index contributed by atoms with van der Waals surface area (Å²) in [4.78, 5) is 23.5. The lowest BCUT2D eigenvalue weighted by atomic mass is 10.3. The number of hydrogen-bond donors (Lipinski definition) is 2. The van der Waals surface area contributed by atoms with Gasteiger partial charge in [0.25, 0.3) is 5.91 Å². The fourth-order valence-electron chi connectivity index (χ4n) is 1.90. The summed E-state index contributed by atoms with van der Waals surface area (Å²) in [5, 5.41) is 5.82. The Labute approximate surface area is 151 Å². The van der Waals surface area contributed by atoms with Gasteiger partial charge in [0.2, 0.25) is 0 Å². The van der Waals surface area contributed by atoms with Crippen LogP contribution in [-0.4, -0.2) is 31.2 Å². The van der Waals surface area contributed by atoms with Gasteiger partial charge >= 0.3 is 6.09 Å². The number of carbonyl (C=O) groups excluding carboxylic acids is 2. The van der Waals surface area contributed by atoms with Crippen LogP contribution in [0.2, 0.25) is 5.02 Å². The van der Waals surface area contributed by atoms with Crippen LogP contribution >= 0.6 is 11.6 Å². The number of carbonyl (C=O) groups is 2. The number of nitrogens with one attached hydrogen (secondary N) is 2. The molecule has 0 bridgehead atoms. The van der Waals surface area contributed by atoms with Crippen LogP contribution in [0, 0.1) is 0 Å². The summed E-state index contributed by atoms with van der Waals surface area (Å²) < 4.78 is 10.6. The van der Waals surface area contributed by atoms with Crippen molar-refractivity contribution in [3.05, 3.63) is 59.6 Å². The molecule has 1 unspecified atom stereocenters. The van der Waals surface area contributed by atoms with E-state index >= 15 is 0 Å². The van der Waals surface area contributed by atoms with Crippen LogP contribution in [0.3, 0.4) is 0 Å². The van der Waals surface area contributed by atoms with Crippen LogP contribution in [0.1, 0.15) is 6.92 Å². The second-order valence-corrected chi connectivity index (χ2v) is 5.57. The van der Waals surface area contributed by atoms with E-state index in [2.05, 4.69) is 10.6 Å². The van der Waals surface area contributed by atoms with Gasteiger partial charge in [-0.15, -0.1) is 0 Å². The highest BCUT2D eigenvalue weighted by Gasteiger charge is 2.14. The molecule has 2 aromatic rings. The molecule has 0 fully saturated rings. The lowest BCUT2D eigenvalue weighted by molar-refractivity contribution is -0.127. The molecule has 2 rings (SSSR count). The number of para-hydroxylation sites is 1. The summed E-state index contributed by atoms with van der Waals surface area (Å²) in [5.74, 6) is 0.721. The Morgan fingerprint density at radius 3 is 2.28 bits per heavy atom. The average Bonchev–Trinajstić information content (AvgIpc) is 2.61. The summed E-state index contributed by atoms with van der Waals surface area (Å²) in [5.41, 5.74) is 0. The van der Waals surface area contributed by atoms with Gasteiger partial charge in [0.1, 0.15) is 11.5 Å². The predicted octanol–water partition coefficient (Wildman–Crippen LogP) is 3.01. The molecule has 25 heavy (non-hydrogen) atoms. The van der Waals surface area contributed by atoms with E-state index in [0.29, 0.717) is 16.5 Å². The van der Waals surface area contributed by atoms with E-state index in [1.807, 2.05) is 6.07 Å². The summed E-state index contributed by atoms with van der Waals surface area (Å²) in [7, 11) is 0. The molecule has 6 nitrogen and oxygen atoms in total. The second-order valence-electron chi connectivity index (χ2n) is 5.13. The topological polar surface area (TPSA) is 76.7 Å². The highest BCUT2D eigenvalue weighted by molar-refractivity contribution is 6.30. The Morgan fingerprint density at radius 2 is 1.60 bits per heavy atom. The molecule has 0 radical (unpaired) electrons. The van der Waals surface area contributed by atoms with Crippen molar-refractivity contribution in [3.63, 3.8) is 0 Å². The minimum atomic E-state index is -0.669. The Morgan fingerprint density at radius 1 is 0.960 bits per heavy atom. The van der Waals surface area contributed by atoms with Gasteiger partial charge in [-0.25, -0.2) is 4.79 Å². The molecule has 0 aromatic heterocycles. The zero-order chi connectivity index (χ0) is 18.1. The summed E-state index contributed by atoms with van der Waals surface area (Å²) >= 11 is 5.79. The predicted molar refractivity (Wildman–Crippen MR) is 95.0 cm³/mol. The van der Waals surface area contributed by atoms with Crippen LogP contribution in [-0.2, 0) is 4.79 Å². The van der Waals surface area contributed by atoms with Crippen LogP contribution in [0.5, 0.6) is 11.5 Å². The van der Waals surface area contributed by atoms with E-state index in [0.717, 1.165) is 0 Å². The van der Waals surface area contributed by atoms with Crippen LogP contribution in [0.25, 0.3) is 0 Å². The van der Waals surface area contributed by atoms with Crippen molar-refractivity contribution in [2.45, 2.75) is 13.0 Å². The Bertz CT molecular complexity index is 692. The van der Waals surface area contributed by atoms with Crippen molar-refractivity contribution in [1.29, 1.82) is 0 Å². The summed E-state index contributed by atoms with van der Waals surface area (Å²) in [6.07, 6.45) is -1.25. The van der Waals surface area contributed by atoms with Crippen molar-refractivity contribution in [2.75, 3.05) is 13.1 Å². The molecule has 2 amide bonds. The molecule has 0 aliphatic heterocycles. The number of halogens is 1. The second kappa shape index (κ2) is 9.54. The lowest BCUT2D eigenvalue weighted by Crippen LogP contribution is -2.41. The van der Waals surface area contributed by atoms with Gasteiger partial charge in [-0.2, -0.15) is 0 Å². The van der Waals surface area contributed by atoms with E-state index in [1.54, 1.807) is 55.5 Å². The van der Waals surface area contributed by atoms with E-state index in [-0.39, 0.29) is 19.0 Å². The van der Waals surface area contributed by atoms with E-state index in [9.17, 15) is 9.59 Å². The number of ether oxygens (including phenoxy) is 2. The molecule has 7 heteroatoms. The first kappa shape index (κ1) is 18.6. The van der Waals surface area contributed by atoms with Crippen molar-refractivity contribution < 1.29 is 19.1 Å². The molecule has 0 saturated heterocycles. The molecule has 0 aliphatic rings. The fourth-order valence-corrected chi connectivity index (χ4v) is 2.02. The molecule has 0 saturated carbocycles. The van der Waals surface area contributed by atoms with Crippen molar-refractivity contribution >= 4 is 23.6 Å². The smallest absolute Gasteiger partial charge is 0.412 e. The largest absolute Gasteiger partial charge is 0.481 e. The van der Waals surface area contributed by atoms with Crippen molar-refractivity contribution in [3.8, 4) is 11.5 Å². The molecule has 2 N–H and O–H groups in total. The number of rotatable bonds is 7. The summed E-state index contributed by atoms with van der Waals surface area (Å²) in [6.45, 7) is 2.14. The van der Waals surface area contributed by atoms with Gasteiger partial charge in [0, 0.05) is 18.1 Å². The SMILES string of the molecule is CC(Oc1ccc(Cl)cc1)C(=O)NCCNC(=O)Oc1ccccc1. The van der Waals surface area contributed by atoms with Gasteiger partial charge in [-0.3, -0.25) is 4.79 Å². The van der Waals surface area contributed by atoms with Gasteiger partial charge in [-0.1, -0.05) is 29.8 Å². The first-order chi connectivity index (χ1) is 12.0. The molecular weight excluding hydrogens is 344 g/mol. The van der Waals surface area contributed by atoms with Crippen molar-refractivity contribution in [1.82, 2.24) is 10.6 Å². The van der Waals surface area contributed by atoms with Gasteiger partial charge in [-0.05, 0) is 43.3 Å². The van der Waals surface area contributed by atoms with Gasteiger partial charge in [0.05, 0.1) is 0 Å². The summed E-state index contributed by atoms with van der Waals surface area (Å²) in [6, 6.07) is 15.5. The Balaban J connectivity index is 1.64. The third-order valence-corrected chi connectivity index (χ3v) is 3.40. The third kappa shape index (κ3) is 6.73. The molecule has 0 aliphatic carbocycles. The third-order valence-electron chi connectivity index (χ3n) is 3.14. The van der Waals surface area contributed by atoms with Gasteiger partial charge < -0.3 is 20.1 Å². The molecule has 0 heterocycles. The maximum absolute atomic E-state index is 11.9. The Hall–Kier alpha value is -2.73. The van der Waals surface area contributed by atoms with E-state index < -0.39 is 12.2 Å². The molecule has 132 valence electrons. The standard InChI is InChI=1S/C18H19ClN2O4/c1-13(24-16-9-7-14(19)8-10-16)17(22)20-11-12-21-18(23)25-15-5-3-2-4-6-15/h2-10,13H,11-12H2,1H3,(H,20,22)(H,21,23). The fraction of sp³-hybridized carbons (Fsp3) is 0.222. The number of benzene rings is 2. The highest BCUT2D eigenvalue weighted by Crippen LogP contribution is 2.16. The number of hydrogen-bond acceptors (Lipinski definition) is 4. The molecule has 2 aromatic carbocycles. The minimum Gasteiger partial charge on any atom is -0.481 e. The van der Waals surface area contributed by atoms with Crippen molar-refractivity contribution in [2.24, 2.45) is 0 Å². The molecular formula is C18H19ClN2O4. The van der Waals surface area contributed by atoms with E-state index in [1.165, 1.54) is 0 Å². The number of amides is 2. The minimum absolute atomic E-state index is 0.241. The van der Waals surface area contributed by atoms with Crippen LogP contribution < -0.4 is 20.1 Å². The lowest BCUT2D eigenvalue weighted by Gasteiger charge is -2.15. The quantitative estimate of drug-likeness (QED) is 0.742. The van der Waals surface area contributed by atoms with Crippen LogP contribution in [0.4, 0.5) is 4.79 Å². The monoisotopic (exact) mass is 362 g/mol. The average molecular weight is 363 g/mol. The zero-order valence-electron chi connectivity index (χ0n) is 13.7. The van der Waals surface area contributed by atoms with E-state index in [4.69, 9.17) is 21.1 Å². The Kier molecular flexibility index (Phi) is 7.10. The normalized spacial score (nSPS) is 11.3. The first-order valence-corrected chi connectivity index (χ1v) is 8.13. The maximum Gasteiger partial charge on any atom is 0.412 e. The van der Waals surface area contributed by atoms with Gasteiger partial charge in [0.15, 0.2) is 6.10 Å². The highest BCUT2D eigenvalue weighted by atomic mass is 35.5. The zero-order valence-corrected chi connectivity index (χ0v) is 14.5. The molecule has 1 atom stereocenters. The molecule has 0 spiro atoms. The first-order valence-electron chi connectivity index (χ1n) is 7.75. The maximum atomic E-state index is 11.9. The van der Waals surface area contributed by atoms with Crippen LogP contribution in [0.15, 0.2) is 54.6 Å².